The lowest BCUT2D eigenvalue weighted by Crippen LogP contribution is -1.93. The molecule has 1 aromatic heterocycles. The zero-order chi connectivity index (χ0) is 20.9. The second-order valence-electron chi connectivity index (χ2n) is 6.30. The zero-order valence-electron chi connectivity index (χ0n) is 15.6. The first-order valence-electron chi connectivity index (χ1n) is 9.00. The Morgan fingerprint density at radius 1 is 1.00 bits per heavy atom. The number of hydrogen-bond donors (Lipinski definition) is 2. The summed E-state index contributed by atoms with van der Waals surface area (Å²) in [5.74, 6) is -0.384. The topological polar surface area (TPSA) is 101 Å². The minimum atomic E-state index is -0.640. The minimum absolute atomic E-state index is 0.370. The molecule has 1 heterocycles. The van der Waals surface area contributed by atoms with E-state index in [1.54, 1.807) is 6.07 Å². The number of hydrogen-bond acceptors (Lipinski definition) is 7. The van der Waals surface area contributed by atoms with Crippen LogP contribution < -0.4 is 5.43 Å². The van der Waals surface area contributed by atoms with Gasteiger partial charge in [0.25, 0.3) is 0 Å². The van der Waals surface area contributed by atoms with Gasteiger partial charge >= 0.3 is 5.69 Å². The third-order valence-corrected chi connectivity index (χ3v) is 5.29. The highest BCUT2D eigenvalue weighted by Crippen LogP contribution is 2.38. The van der Waals surface area contributed by atoms with E-state index in [2.05, 4.69) is 10.5 Å². The first-order chi connectivity index (χ1) is 14.6. The molecule has 0 aliphatic carbocycles. The van der Waals surface area contributed by atoms with Gasteiger partial charge in [0, 0.05) is 17.2 Å². The first kappa shape index (κ1) is 19.3. The second-order valence-corrected chi connectivity index (χ2v) is 7.30. The molecule has 0 aliphatic heterocycles. The van der Waals surface area contributed by atoms with E-state index in [-0.39, 0.29) is 11.4 Å². The van der Waals surface area contributed by atoms with Crippen molar-refractivity contribution >= 4 is 28.4 Å². The van der Waals surface area contributed by atoms with Crippen molar-refractivity contribution in [3.63, 3.8) is 0 Å². The van der Waals surface area contributed by atoms with Crippen molar-refractivity contribution in [3.8, 4) is 27.4 Å². The van der Waals surface area contributed by atoms with Gasteiger partial charge in [-0.25, -0.2) is 4.98 Å². The van der Waals surface area contributed by atoms with Gasteiger partial charge in [-0.2, -0.15) is 5.10 Å². The number of phenols is 1. The number of hydrazone groups is 1. The molecule has 0 unspecified atom stereocenters. The van der Waals surface area contributed by atoms with E-state index in [9.17, 15) is 15.2 Å². The van der Waals surface area contributed by atoms with Crippen molar-refractivity contribution in [2.24, 2.45) is 5.10 Å². The molecule has 2 N–H and O–H groups in total. The quantitative estimate of drug-likeness (QED) is 0.244. The molecule has 0 bridgehead atoms. The van der Waals surface area contributed by atoms with Gasteiger partial charge in [-0.05, 0) is 17.7 Å². The van der Waals surface area contributed by atoms with Gasteiger partial charge in [0.15, 0.2) is 5.75 Å². The highest BCUT2D eigenvalue weighted by molar-refractivity contribution is 7.19. The molecule has 0 saturated carbocycles. The van der Waals surface area contributed by atoms with Crippen molar-refractivity contribution in [3.05, 3.63) is 94.5 Å². The summed E-state index contributed by atoms with van der Waals surface area (Å²) in [7, 11) is 0. The van der Waals surface area contributed by atoms with E-state index in [0.717, 1.165) is 21.7 Å². The summed E-state index contributed by atoms with van der Waals surface area (Å²) in [6.45, 7) is 0. The molecular formula is C22H16N4O3S. The van der Waals surface area contributed by atoms with Crippen LogP contribution in [0.15, 0.2) is 84.0 Å². The Morgan fingerprint density at radius 2 is 1.67 bits per heavy atom. The number of nitrogens with zero attached hydrogens (tertiary/aromatic N) is 3. The molecule has 0 saturated heterocycles. The molecule has 148 valence electrons. The van der Waals surface area contributed by atoms with E-state index in [0.29, 0.717) is 10.7 Å². The maximum Gasteiger partial charge on any atom is 0.311 e. The lowest BCUT2D eigenvalue weighted by atomic mass is 10.1. The third-order valence-electron chi connectivity index (χ3n) is 4.28. The number of aromatic hydroxyl groups is 1. The molecule has 0 spiro atoms. The van der Waals surface area contributed by atoms with E-state index >= 15 is 0 Å². The number of phenolic OH excluding ortho intramolecular Hbond substituents is 1. The number of aromatic nitrogens is 1. The molecule has 0 aliphatic rings. The van der Waals surface area contributed by atoms with Gasteiger partial charge in [-0.3, -0.25) is 15.5 Å². The van der Waals surface area contributed by atoms with E-state index < -0.39 is 4.92 Å². The smallest absolute Gasteiger partial charge is 0.311 e. The maximum absolute atomic E-state index is 11.0. The number of nitro benzene ring substituents is 1. The summed E-state index contributed by atoms with van der Waals surface area (Å²) >= 11 is 1.47. The number of rotatable bonds is 6. The maximum atomic E-state index is 11.0. The van der Waals surface area contributed by atoms with Crippen molar-refractivity contribution in [1.29, 1.82) is 0 Å². The van der Waals surface area contributed by atoms with Crippen LogP contribution in [0.5, 0.6) is 5.75 Å². The summed E-state index contributed by atoms with van der Waals surface area (Å²) in [5, 5.41) is 25.3. The highest BCUT2D eigenvalue weighted by atomic mass is 32.1. The lowest BCUT2D eigenvalue weighted by Gasteiger charge is -2.02. The predicted molar refractivity (Wildman–Crippen MR) is 119 cm³/mol. The Bertz CT molecular complexity index is 1150. The SMILES string of the molecule is O=[N+]([O-])c1cc(/C=N\Nc2nc(-c3ccccc3)c(-c3ccccc3)s2)ccc1O. The van der Waals surface area contributed by atoms with E-state index in [4.69, 9.17) is 4.98 Å². The van der Waals surface area contributed by atoms with Gasteiger partial charge in [-0.1, -0.05) is 72.0 Å². The minimum Gasteiger partial charge on any atom is -0.502 e. The standard InChI is InChI=1S/C22H16N4O3S/c27-19-12-11-15(13-18(19)26(28)29)14-23-25-22-24-20(16-7-3-1-4-8-16)21(30-22)17-9-5-2-6-10-17/h1-14,27H,(H,24,25)/b23-14-. The molecule has 4 rings (SSSR count). The summed E-state index contributed by atoms with van der Waals surface area (Å²) < 4.78 is 0. The Kier molecular flexibility index (Phi) is 5.49. The zero-order valence-corrected chi connectivity index (χ0v) is 16.4. The second kappa shape index (κ2) is 8.54. The van der Waals surface area contributed by atoms with Crippen molar-refractivity contribution in [1.82, 2.24) is 4.98 Å². The number of thiazole rings is 1. The van der Waals surface area contributed by atoms with Crippen LogP contribution in [-0.4, -0.2) is 21.2 Å². The molecule has 30 heavy (non-hydrogen) atoms. The fourth-order valence-corrected chi connectivity index (χ4v) is 3.82. The summed E-state index contributed by atoms with van der Waals surface area (Å²) in [6, 6.07) is 23.9. The van der Waals surface area contributed by atoms with Crippen LogP contribution in [-0.2, 0) is 0 Å². The summed E-state index contributed by atoms with van der Waals surface area (Å²) in [5.41, 5.74) is 5.92. The van der Waals surface area contributed by atoms with Gasteiger partial charge in [0.1, 0.15) is 0 Å². The number of nitrogens with one attached hydrogen (secondary N) is 1. The normalized spacial score (nSPS) is 10.9. The fraction of sp³-hybridized carbons (Fsp3) is 0. The predicted octanol–water partition coefficient (Wildman–Crippen LogP) is 5.54. The summed E-state index contributed by atoms with van der Waals surface area (Å²) in [4.78, 5) is 16.0. The molecular weight excluding hydrogens is 400 g/mol. The van der Waals surface area contributed by atoms with Crippen LogP contribution >= 0.6 is 11.3 Å². The molecule has 0 atom stereocenters. The number of nitro groups is 1. The highest BCUT2D eigenvalue weighted by Gasteiger charge is 2.15. The van der Waals surface area contributed by atoms with Crippen LogP contribution in [0.4, 0.5) is 10.8 Å². The monoisotopic (exact) mass is 416 g/mol. The van der Waals surface area contributed by atoms with Crippen molar-refractivity contribution in [2.75, 3.05) is 5.43 Å². The first-order valence-corrected chi connectivity index (χ1v) is 9.81. The van der Waals surface area contributed by atoms with Gasteiger partial charge in [-0.15, -0.1) is 0 Å². The number of benzene rings is 3. The Hall–Kier alpha value is -4.04. The van der Waals surface area contributed by atoms with Gasteiger partial charge in [0.2, 0.25) is 5.13 Å². The lowest BCUT2D eigenvalue weighted by molar-refractivity contribution is -0.385. The Labute approximate surface area is 176 Å². The molecule has 0 radical (unpaired) electrons. The molecule has 3 aromatic carbocycles. The third kappa shape index (κ3) is 4.18. The molecule has 7 nitrogen and oxygen atoms in total. The molecule has 0 amide bonds. The Morgan fingerprint density at radius 3 is 2.33 bits per heavy atom. The molecule has 4 aromatic rings. The average molecular weight is 416 g/mol. The molecule has 0 fully saturated rings. The van der Waals surface area contributed by atoms with Gasteiger partial charge < -0.3 is 5.11 Å². The van der Waals surface area contributed by atoms with Gasteiger partial charge in [0.05, 0.1) is 21.7 Å². The van der Waals surface area contributed by atoms with Crippen LogP contribution in [0, 0.1) is 10.1 Å². The van der Waals surface area contributed by atoms with Crippen LogP contribution in [0.1, 0.15) is 5.56 Å². The van der Waals surface area contributed by atoms with Crippen LogP contribution in [0.3, 0.4) is 0 Å². The van der Waals surface area contributed by atoms with Crippen LogP contribution in [0.25, 0.3) is 21.7 Å². The largest absolute Gasteiger partial charge is 0.502 e. The average Bonchev–Trinajstić information content (AvgIpc) is 3.20. The van der Waals surface area contributed by atoms with Crippen molar-refractivity contribution < 1.29 is 10.0 Å². The Balaban J connectivity index is 1.63. The number of anilines is 1. The fourth-order valence-electron chi connectivity index (χ4n) is 2.87. The van der Waals surface area contributed by atoms with E-state index in [1.165, 1.54) is 29.7 Å². The summed E-state index contributed by atoms with van der Waals surface area (Å²) in [6.07, 6.45) is 1.44. The van der Waals surface area contributed by atoms with E-state index in [1.807, 2.05) is 60.7 Å². The van der Waals surface area contributed by atoms with Crippen LogP contribution in [0.2, 0.25) is 0 Å². The van der Waals surface area contributed by atoms with Crippen molar-refractivity contribution in [2.45, 2.75) is 0 Å². The molecule has 8 heteroatoms.